The Balaban J connectivity index is 2.02. The first kappa shape index (κ1) is 16.8. The first-order chi connectivity index (χ1) is 10.2. The highest BCUT2D eigenvalue weighted by Gasteiger charge is 2.47. The zero-order chi connectivity index (χ0) is 16.5. The summed E-state index contributed by atoms with van der Waals surface area (Å²) < 4.78 is 19.4. The molecule has 2 rings (SSSR count). The lowest BCUT2D eigenvalue weighted by molar-refractivity contribution is -0.150. The largest absolute Gasteiger partial charge is 0.481 e. The van der Waals surface area contributed by atoms with Gasteiger partial charge in [0, 0.05) is 23.0 Å². The van der Waals surface area contributed by atoms with Gasteiger partial charge in [0.15, 0.2) is 6.10 Å². The zero-order valence-corrected chi connectivity index (χ0v) is 13.2. The van der Waals surface area contributed by atoms with E-state index in [-0.39, 0.29) is 13.0 Å². The van der Waals surface area contributed by atoms with Gasteiger partial charge in [-0.3, -0.25) is 4.79 Å². The minimum Gasteiger partial charge on any atom is -0.481 e. The van der Waals surface area contributed by atoms with Crippen LogP contribution in [0.3, 0.4) is 0 Å². The molecule has 2 unspecified atom stereocenters. The number of likely N-dealkylation sites (tertiary alicyclic amines) is 1. The highest BCUT2D eigenvalue weighted by Crippen LogP contribution is 2.28. The third kappa shape index (κ3) is 3.62. The minimum absolute atomic E-state index is 0.0334. The van der Waals surface area contributed by atoms with Crippen molar-refractivity contribution in [3.05, 3.63) is 28.2 Å². The van der Waals surface area contributed by atoms with Crippen molar-refractivity contribution in [1.29, 1.82) is 0 Å². The van der Waals surface area contributed by atoms with Crippen LogP contribution in [0.1, 0.15) is 13.3 Å². The number of alkyl halides is 1. The molecule has 1 N–H and O–H groups in total. The summed E-state index contributed by atoms with van der Waals surface area (Å²) in [4.78, 5) is 24.2. The van der Waals surface area contributed by atoms with Gasteiger partial charge in [0.1, 0.15) is 5.75 Å². The van der Waals surface area contributed by atoms with Crippen LogP contribution in [0.2, 0.25) is 10.0 Å². The number of ether oxygens (including phenoxy) is 1. The molecule has 0 spiro atoms. The number of carbonyl (C=O) groups excluding carboxylic acids is 1. The first-order valence-corrected chi connectivity index (χ1v) is 7.31. The Morgan fingerprint density at radius 1 is 1.36 bits per heavy atom. The molecule has 1 fully saturated rings. The fraction of sp³-hybridized carbons (Fsp3) is 0.429. The number of carboxylic acids is 1. The van der Waals surface area contributed by atoms with Crippen LogP contribution in [-0.2, 0) is 9.59 Å². The van der Waals surface area contributed by atoms with Gasteiger partial charge in [-0.25, -0.2) is 9.18 Å². The number of halogens is 3. The third-order valence-corrected chi connectivity index (χ3v) is 3.85. The molecular formula is C14H14Cl2FNO4. The van der Waals surface area contributed by atoms with Crippen LogP contribution in [-0.4, -0.2) is 46.7 Å². The maximum absolute atomic E-state index is 14.0. The molecule has 1 aromatic carbocycles. The third-order valence-electron chi connectivity index (χ3n) is 3.41. The van der Waals surface area contributed by atoms with Crippen LogP contribution in [0, 0.1) is 0 Å². The number of carbonyl (C=O) groups is 2. The van der Waals surface area contributed by atoms with Crippen molar-refractivity contribution < 1.29 is 23.8 Å². The van der Waals surface area contributed by atoms with E-state index in [1.807, 2.05) is 0 Å². The van der Waals surface area contributed by atoms with Crippen LogP contribution >= 0.6 is 23.2 Å². The van der Waals surface area contributed by atoms with Crippen LogP contribution in [0.15, 0.2) is 18.2 Å². The second-order valence-electron chi connectivity index (χ2n) is 5.15. The number of rotatable bonds is 4. The summed E-state index contributed by atoms with van der Waals surface area (Å²) >= 11 is 11.7. The maximum Gasteiger partial charge on any atom is 0.343 e. The van der Waals surface area contributed by atoms with E-state index in [2.05, 4.69) is 0 Å². The van der Waals surface area contributed by atoms with E-state index in [1.54, 1.807) is 0 Å². The summed E-state index contributed by atoms with van der Waals surface area (Å²) in [7, 11) is 0. The van der Waals surface area contributed by atoms with Crippen LogP contribution < -0.4 is 4.74 Å². The van der Waals surface area contributed by atoms with Gasteiger partial charge in [0.05, 0.1) is 6.54 Å². The first-order valence-electron chi connectivity index (χ1n) is 6.55. The SMILES string of the molecule is CC(Oc1cc(Cl)cc(Cl)c1)C(=O)N1CCC(F)(C(=O)O)C1. The normalized spacial score (nSPS) is 22.5. The molecule has 1 saturated heterocycles. The summed E-state index contributed by atoms with van der Waals surface area (Å²) in [5, 5.41) is 9.55. The number of hydrogen-bond donors (Lipinski definition) is 1. The molecule has 2 atom stereocenters. The van der Waals surface area contributed by atoms with E-state index in [1.165, 1.54) is 25.1 Å². The number of hydrogen-bond acceptors (Lipinski definition) is 3. The predicted molar refractivity (Wildman–Crippen MR) is 79.2 cm³/mol. The molecular weight excluding hydrogens is 336 g/mol. The monoisotopic (exact) mass is 349 g/mol. The van der Waals surface area contributed by atoms with Crippen molar-refractivity contribution in [3.8, 4) is 5.75 Å². The molecule has 1 aromatic rings. The summed E-state index contributed by atoms with van der Waals surface area (Å²) in [5.41, 5.74) is -2.39. The average molecular weight is 350 g/mol. The molecule has 5 nitrogen and oxygen atoms in total. The van der Waals surface area contributed by atoms with Gasteiger partial charge >= 0.3 is 5.97 Å². The predicted octanol–water partition coefficient (Wildman–Crippen LogP) is 2.79. The second-order valence-corrected chi connectivity index (χ2v) is 6.02. The highest BCUT2D eigenvalue weighted by molar-refractivity contribution is 6.34. The number of nitrogens with zero attached hydrogens (tertiary/aromatic N) is 1. The average Bonchev–Trinajstić information content (AvgIpc) is 2.80. The molecule has 1 aliphatic heterocycles. The minimum atomic E-state index is -2.39. The zero-order valence-electron chi connectivity index (χ0n) is 11.7. The lowest BCUT2D eigenvalue weighted by Gasteiger charge is -2.22. The fourth-order valence-corrected chi connectivity index (χ4v) is 2.75. The summed E-state index contributed by atoms with van der Waals surface area (Å²) in [5.74, 6) is -1.74. The van der Waals surface area contributed by atoms with E-state index in [0.29, 0.717) is 15.8 Å². The topological polar surface area (TPSA) is 66.8 Å². The van der Waals surface area contributed by atoms with Crippen molar-refractivity contribution in [3.63, 3.8) is 0 Å². The van der Waals surface area contributed by atoms with Gasteiger partial charge in [0.25, 0.3) is 5.91 Å². The lowest BCUT2D eigenvalue weighted by atomic mass is 10.1. The number of benzene rings is 1. The Labute approximate surface area is 136 Å². The molecule has 8 heteroatoms. The Morgan fingerprint density at radius 2 is 1.95 bits per heavy atom. The van der Waals surface area contributed by atoms with Crippen molar-refractivity contribution in [2.75, 3.05) is 13.1 Å². The smallest absolute Gasteiger partial charge is 0.343 e. The Bertz CT molecular complexity index is 592. The molecule has 0 saturated carbocycles. The Kier molecular flexibility index (Phi) is 4.82. The quantitative estimate of drug-likeness (QED) is 0.907. The van der Waals surface area contributed by atoms with Crippen LogP contribution in [0.25, 0.3) is 0 Å². The van der Waals surface area contributed by atoms with Gasteiger partial charge < -0.3 is 14.7 Å². The lowest BCUT2D eigenvalue weighted by Crippen LogP contribution is -2.43. The van der Waals surface area contributed by atoms with Gasteiger partial charge in [-0.05, 0) is 25.1 Å². The molecule has 0 aromatic heterocycles. The highest BCUT2D eigenvalue weighted by atomic mass is 35.5. The van der Waals surface area contributed by atoms with Crippen molar-refractivity contribution in [1.82, 2.24) is 4.90 Å². The summed E-state index contributed by atoms with van der Waals surface area (Å²) in [6, 6.07) is 4.52. The van der Waals surface area contributed by atoms with Crippen molar-refractivity contribution in [2.24, 2.45) is 0 Å². The molecule has 120 valence electrons. The molecule has 0 bridgehead atoms. The maximum atomic E-state index is 14.0. The van der Waals surface area contributed by atoms with Crippen LogP contribution in [0.4, 0.5) is 4.39 Å². The second kappa shape index (κ2) is 6.30. The molecule has 0 aliphatic carbocycles. The van der Waals surface area contributed by atoms with Crippen molar-refractivity contribution >= 4 is 35.1 Å². The molecule has 22 heavy (non-hydrogen) atoms. The molecule has 1 heterocycles. The standard InChI is InChI=1S/C14H14Cl2FNO4/c1-8(22-11-5-9(15)4-10(16)6-11)12(19)18-3-2-14(17,7-18)13(20)21/h4-6,8H,2-3,7H2,1H3,(H,20,21). The van der Waals surface area contributed by atoms with E-state index >= 15 is 0 Å². The summed E-state index contributed by atoms with van der Waals surface area (Å²) in [6.45, 7) is 1.05. The van der Waals surface area contributed by atoms with Gasteiger partial charge in [-0.1, -0.05) is 23.2 Å². The van der Waals surface area contributed by atoms with Crippen molar-refractivity contribution in [2.45, 2.75) is 25.1 Å². The van der Waals surface area contributed by atoms with E-state index in [0.717, 1.165) is 4.90 Å². The van der Waals surface area contributed by atoms with E-state index in [4.69, 9.17) is 33.0 Å². The van der Waals surface area contributed by atoms with E-state index < -0.39 is 30.2 Å². The van der Waals surface area contributed by atoms with Gasteiger partial charge in [0.2, 0.25) is 5.67 Å². The Hall–Kier alpha value is -1.53. The summed E-state index contributed by atoms with van der Waals surface area (Å²) in [6.07, 6.45) is -1.14. The molecule has 0 radical (unpaired) electrons. The Morgan fingerprint density at radius 3 is 2.45 bits per heavy atom. The number of aliphatic carboxylic acids is 1. The molecule has 1 aliphatic rings. The fourth-order valence-electron chi connectivity index (χ4n) is 2.24. The van der Waals surface area contributed by atoms with Gasteiger partial charge in [-0.2, -0.15) is 0 Å². The molecule has 1 amide bonds. The van der Waals surface area contributed by atoms with E-state index in [9.17, 15) is 14.0 Å². The number of amides is 1. The van der Waals surface area contributed by atoms with Crippen LogP contribution in [0.5, 0.6) is 5.75 Å². The number of carboxylic acid groups (broad SMARTS) is 1. The van der Waals surface area contributed by atoms with Gasteiger partial charge in [-0.15, -0.1) is 0 Å².